The Labute approximate surface area is 218 Å². The Morgan fingerprint density at radius 2 is 1.63 bits per heavy atom. The quantitative estimate of drug-likeness (QED) is 0.483. The van der Waals surface area contributed by atoms with Crippen molar-refractivity contribution in [1.29, 1.82) is 0 Å². The van der Waals surface area contributed by atoms with Gasteiger partial charge in [-0.15, -0.1) is 10.2 Å². The fraction of sp³-hybridized carbons (Fsp3) is 0.200. The SMILES string of the molecule is COc1ccc(CNC(=O)c2ccc3c(c2)S(=O)(=O)N(Cc2ccc(C4N=NN=N4)cc2)C(=O)N3C)cc1. The minimum atomic E-state index is -4.24. The van der Waals surface area contributed by atoms with Crippen LogP contribution >= 0.6 is 0 Å². The Bertz CT molecular complexity index is 1540. The van der Waals surface area contributed by atoms with Gasteiger partial charge in [0.15, 0.2) is 0 Å². The first-order valence-corrected chi connectivity index (χ1v) is 13.0. The molecule has 0 atom stereocenters. The Kier molecular flexibility index (Phi) is 6.59. The van der Waals surface area contributed by atoms with Gasteiger partial charge in [0.05, 0.1) is 19.3 Å². The number of methoxy groups -OCH3 is 1. The molecular formula is C25H23N7O5S. The fourth-order valence-corrected chi connectivity index (χ4v) is 5.70. The Morgan fingerprint density at radius 3 is 2.29 bits per heavy atom. The van der Waals surface area contributed by atoms with Gasteiger partial charge in [-0.3, -0.25) is 9.69 Å². The van der Waals surface area contributed by atoms with E-state index >= 15 is 0 Å². The molecule has 0 aliphatic carbocycles. The standard InChI is InChI=1S/C25H23N7O5S/c1-31-21-12-9-19(24(33)26-14-16-5-10-20(37-2)11-6-16)13-22(21)38(35,36)32(25(31)34)15-17-3-7-18(8-4-17)23-27-29-30-28-23/h3-13,23H,14-15H2,1-2H3,(H,26,33). The van der Waals surface area contributed by atoms with Crippen molar-refractivity contribution in [2.75, 3.05) is 19.1 Å². The molecule has 0 spiro atoms. The molecule has 13 heteroatoms. The molecule has 0 unspecified atom stereocenters. The van der Waals surface area contributed by atoms with Crippen LogP contribution in [0.1, 0.15) is 33.2 Å². The van der Waals surface area contributed by atoms with Crippen LogP contribution in [-0.2, 0) is 23.1 Å². The summed E-state index contributed by atoms with van der Waals surface area (Å²) in [5.74, 6) is 0.257. The van der Waals surface area contributed by atoms with Crippen LogP contribution in [0.25, 0.3) is 0 Å². The summed E-state index contributed by atoms with van der Waals surface area (Å²) in [6, 6.07) is 17.6. The van der Waals surface area contributed by atoms with Crippen molar-refractivity contribution in [2.24, 2.45) is 20.7 Å². The third-order valence-electron chi connectivity index (χ3n) is 6.23. The fourth-order valence-electron chi connectivity index (χ4n) is 4.07. The summed E-state index contributed by atoms with van der Waals surface area (Å²) in [6.45, 7) is 0.0591. The van der Waals surface area contributed by atoms with Crippen LogP contribution in [0, 0.1) is 0 Å². The van der Waals surface area contributed by atoms with Gasteiger partial charge in [-0.1, -0.05) is 36.4 Å². The molecule has 5 rings (SSSR count). The van der Waals surface area contributed by atoms with Crippen molar-refractivity contribution in [3.8, 4) is 5.75 Å². The molecule has 2 aliphatic rings. The first-order valence-electron chi connectivity index (χ1n) is 11.5. The number of benzene rings is 3. The summed E-state index contributed by atoms with van der Waals surface area (Å²) in [4.78, 5) is 27.0. The van der Waals surface area contributed by atoms with Crippen molar-refractivity contribution in [3.63, 3.8) is 0 Å². The van der Waals surface area contributed by atoms with Gasteiger partial charge < -0.3 is 10.1 Å². The minimum absolute atomic E-state index is 0.125. The number of carbonyl (C=O) groups is 2. The topological polar surface area (TPSA) is 145 Å². The number of amides is 3. The second-order valence-electron chi connectivity index (χ2n) is 8.59. The number of fused-ring (bicyclic) bond motifs is 1. The zero-order valence-corrected chi connectivity index (χ0v) is 21.3. The molecular weight excluding hydrogens is 510 g/mol. The molecule has 0 bridgehead atoms. The van der Waals surface area contributed by atoms with Crippen LogP contribution in [0.3, 0.4) is 0 Å². The average molecular weight is 534 g/mol. The Balaban J connectivity index is 1.36. The highest BCUT2D eigenvalue weighted by molar-refractivity contribution is 7.90. The number of carbonyl (C=O) groups excluding carboxylic acids is 2. The van der Waals surface area contributed by atoms with Gasteiger partial charge in [-0.2, -0.15) is 0 Å². The van der Waals surface area contributed by atoms with E-state index in [0.29, 0.717) is 11.3 Å². The minimum Gasteiger partial charge on any atom is -0.497 e. The van der Waals surface area contributed by atoms with Crippen molar-refractivity contribution < 1.29 is 22.7 Å². The third kappa shape index (κ3) is 4.70. The molecule has 1 N–H and O–H groups in total. The number of hydrogen-bond donors (Lipinski definition) is 1. The molecule has 12 nitrogen and oxygen atoms in total. The van der Waals surface area contributed by atoms with E-state index in [9.17, 15) is 18.0 Å². The summed E-state index contributed by atoms with van der Waals surface area (Å²) in [6.07, 6.45) is -0.531. The van der Waals surface area contributed by atoms with Crippen molar-refractivity contribution in [2.45, 2.75) is 24.2 Å². The van der Waals surface area contributed by atoms with E-state index in [0.717, 1.165) is 15.4 Å². The lowest BCUT2D eigenvalue weighted by atomic mass is 10.1. The number of ether oxygens (including phenoxy) is 1. The largest absolute Gasteiger partial charge is 0.497 e. The molecule has 0 aromatic heterocycles. The van der Waals surface area contributed by atoms with Crippen LogP contribution < -0.4 is 15.0 Å². The van der Waals surface area contributed by atoms with E-state index in [1.54, 1.807) is 43.5 Å². The molecule has 194 valence electrons. The highest BCUT2D eigenvalue weighted by Crippen LogP contribution is 2.35. The van der Waals surface area contributed by atoms with Gasteiger partial charge in [-0.25, -0.2) is 17.5 Å². The van der Waals surface area contributed by atoms with E-state index in [4.69, 9.17) is 4.74 Å². The van der Waals surface area contributed by atoms with Gasteiger partial charge in [0.1, 0.15) is 10.6 Å². The van der Waals surface area contributed by atoms with Crippen LogP contribution in [0.15, 0.2) is 92.3 Å². The number of hydrogen-bond acceptors (Lipinski definition) is 9. The van der Waals surface area contributed by atoms with Crippen LogP contribution in [0.5, 0.6) is 5.75 Å². The maximum atomic E-state index is 13.5. The summed E-state index contributed by atoms with van der Waals surface area (Å²) in [5, 5.41) is 17.5. The van der Waals surface area contributed by atoms with Crippen molar-refractivity contribution in [1.82, 2.24) is 9.62 Å². The van der Waals surface area contributed by atoms with Crippen LogP contribution in [0.2, 0.25) is 0 Å². The number of sulfonamides is 1. The Morgan fingerprint density at radius 1 is 0.974 bits per heavy atom. The highest BCUT2D eigenvalue weighted by Gasteiger charge is 2.40. The molecule has 0 saturated heterocycles. The van der Waals surface area contributed by atoms with Crippen LogP contribution in [0.4, 0.5) is 10.5 Å². The molecule has 0 saturated carbocycles. The number of anilines is 1. The zero-order chi connectivity index (χ0) is 26.9. The summed E-state index contributed by atoms with van der Waals surface area (Å²) >= 11 is 0. The van der Waals surface area contributed by atoms with Gasteiger partial charge in [0, 0.05) is 24.7 Å². The molecule has 3 aromatic carbocycles. The smallest absolute Gasteiger partial charge is 0.338 e. The lowest BCUT2D eigenvalue weighted by Gasteiger charge is -2.34. The number of rotatable bonds is 7. The first-order chi connectivity index (χ1) is 18.3. The maximum absolute atomic E-state index is 13.5. The zero-order valence-electron chi connectivity index (χ0n) is 20.5. The monoisotopic (exact) mass is 533 g/mol. The number of nitrogens with zero attached hydrogens (tertiary/aromatic N) is 6. The lowest BCUT2D eigenvalue weighted by Crippen LogP contribution is -2.48. The lowest BCUT2D eigenvalue weighted by molar-refractivity contribution is 0.0950. The summed E-state index contributed by atoms with van der Waals surface area (Å²) in [7, 11) is -1.18. The average Bonchev–Trinajstić information content (AvgIpc) is 3.48. The normalized spacial score (nSPS) is 16.0. The van der Waals surface area contributed by atoms with E-state index in [1.807, 2.05) is 12.1 Å². The van der Waals surface area contributed by atoms with Crippen molar-refractivity contribution in [3.05, 3.63) is 89.0 Å². The predicted octanol–water partition coefficient (Wildman–Crippen LogP) is 4.22. The number of urea groups is 1. The Hall–Kier alpha value is -4.65. The highest BCUT2D eigenvalue weighted by atomic mass is 32.2. The molecule has 38 heavy (non-hydrogen) atoms. The second-order valence-corrected chi connectivity index (χ2v) is 10.4. The summed E-state index contributed by atoms with van der Waals surface area (Å²) < 4.78 is 33.0. The first kappa shape index (κ1) is 25.0. The third-order valence-corrected chi connectivity index (χ3v) is 7.98. The van der Waals surface area contributed by atoms with Crippen molar-refractivity contribution >= 4 is 27.6 Å². The molecule has 0 fully saturated rings. The molecule has 3 amide bonds. The number of nitrogens with one attached hydrogen (secondary N) is 1. The molecule has 2 aliphatic heterocycles. The van der Waals surface area contributed by atoms with E-state index in [1.165, 1.54) is 30.1 Å². The summed E-state index contributed by atoms with van der Waals surface area (Å²) in [5.41, 5.74) is 2.53. The molecule has 2 heterocycles. The van der Waals surface area contributed by atoms with E-state index < -0.39 is 28.1 Å². The van der Waals surface area contributed by atoms with Gasteiger partial charge in [0.25, 0.3) is 15.9 Å². The molecule has 0 radical (unpaired) electrons. The van der Waals surface area contributed by atoms with Gasteiger partial charge in [-0.05, 0) is 51.9 Å². The van der Waals surface area contributed by atoms with E-state index in [-0.39, 0.29) is 29.2 Å². The maximum Gasteiger partial charge on any atom is 0.338 e. The van der Waals surface area contributed by atoms with Gasteiger partial charge >= 0.3 is 6.03 Å². The van der Waals surface area contributed by atoms with Gasteiger partial charge in [0.2, 0.25) is 6.17 Å². The van der Waals surface area contributed by atoms with Crippen LogP contribution in [-0.4, -0.2) is 38.8 Å². The second kappa shape index (κ2) is 10.0. The van der Waals surface area contributed by atoms with E-state index in [2.05, 4.69) is 26.0 Å². The predicted molar refractivity (Wildman–Crippen MR) is 136 cm³/mol. The molecule has 3 aromatic rings.